The fourth-order valence-corrected chi connectivity index (χ4v) is 2.72. The molecule has 128 valence electrons. The van der Waals surface area contributed by atoms with Gasteiger partial charge in [0.2, 0.25) is 0 Å². The molecule has 1 aliphatic carbocycles. The number of anilines is 1. The third-order valence-corrected chi connectivity index (χ3v) is 4.72. The van der Waals surface area contributed by atoms with Gasteiger partial charge in [0, 0.05) is 11.1 Å². The number of hydrogen-bond donors (Lipinski definition) is 1. The topological polar surface area (TPSA) is 72.5 Å². The summed E-state index contributed by atoms with van der Waals surface area (Å²) in [7, 11) is -5.71. The van der Waals surface area contributed by atoms with Crippen molar-refractivity contribution in [2.45, 2.75) is 23.9 Å². The van der Waals surface area contributed by atoms with Crippen molar-refractivity contribution in [2.24, 2.45) is 0 Å². The lowest BCUT2D eigenvalue weighted by molar-refractivity contribution is -0.109. The molecule has 0 aliphatic heterocycles. The van der Waals surface area contributed by atoms with E-state index in [4.69, 9.17) is 0 Å². The molecule has 3 rings (SSSR count). The van der Waals surface area contributed by atoms with Gasteiger partial charge in [0.15, 0.2) is 0 Å². The highest BCUT2D eigenvalue weighted by molar-refractivity contribution is 7.88. The molecule has 2 aromatic carbocycles. The number of carbonyl (C=O) groups excluding carboxylic acids is 1. The summed E-state index contributed by atoms with van der Waals surface area (Å²) in [6, 6.07) is 8.77. The first-order valence-electron chi connectivity index (χ1n) is 6.94. The minimum absolute atomic E-state index is 0.437. The van der Waals surface area contributed by atoms with E-state index in [2.05, 4.69) is 9.50 Å². The zero-order valence-electron chi connectivity index (χ0n) is 12.1. The van der Waals surface area contributed by atoms with Crippen molar-refractivity contribution in [2.75, 3.05) is 5.32 Å². The molecule has 0 spiro atoms. The second-order valence-electron chi connectivity index (χ2n) is 5.57. The van der Waals surface area contributed by atoms with Crippen molar-refractivity contribution in [1.82, 2.24) is 0 Å². The average Bonchev–Trinajstić information content (AvgIpc) is 3.26. The summed E-state index contributed by atoms with van der Waals surface area (Å²) >= 11 is 0. The van der Waals surface area contributed by atoms with Gasteiger partial charge in [-0.1, -0.05) is 12.1 Å². The lowest BCUT2D eigenvalue weighted by atomic mass is 10.1. The van der Waals surface area contributed by atoms with E-state index in [-0.39, 0.29) is 0 Å². The molecule has 0 radical (unpaired) electrons. The van der Waals surface area contributed by atoms with Crippen LogP contribution in [-0.2, 0) is 14.9 Å². The maximum absolute atomic E-state index is 12.4. The van der Waals surface area contributed by atoms with Crippen LogP contribution in [0.4, 0.5) is 18.9 Å². The molecular formula is C15H12F3NO4S. The van der Waals surface area contributed by atoms with Crippen LogP contribution in [0.25, 0.3) is 10.8 Å². The van der Waals surface area contributed by atoms with Crippen molar-refractivity contribution in [1.29, 1.82) is 0 Å². The summed E-state index contributed by atoms with van der Waals surface area (Å²) in [5, 5.41) is 4.23. The summed E-state index contributed by atoms with van der Waals surface area (Å²) in [4.78, 5) is 11.1. The molecule has 1 N–H and O–H groups in total. The van der Waals surface area contributed by atoms with Gasteiger partial charge in [-0.05, 0) is 42.5 Å². The molecule has 9 heteroatoms. The van der Waals surface area contributed by atoms with Crippen LogP contribution in [-0.4, -0.2) is 25.8 Å². The number of fused-ring (bicyclic) bond motifs is 1. The molecule has 5 nitrogen and oxygen atoms in total. The van der Waals surface area contributed by atoms with Gasteiger partial charge in [-0.15, -0.1) is 0 Å². The Morgan fingerprint density at radius 3 is 2.46 bits per heavy atom. The highest BCUT2D eigenvalue weighted by atomic mass is 32.2. The summed E-state index contributed by atoms with van der Waals surface area (Å²) in [6.45, 7) is 0. The zero-order valence-corrected chi connectivity index (χ0v) is 12.9. The van der Waals surface area contributed by atoms with Crippen LogP contribution >= 0.6 is 0 Å². The highest BCUT2D eigenvalue weighted by Crippen LogP contribution is 2.39. The van der Waals surface area contributed by atoms with E-state index in [1.807, 2.05) is 0 Å². The third kappa shape index (κ3) is 3.03. The van der Waals surface area contributed by atoms with E-state index in [0.717, 1.165) is 12.4 Å². The Morgan fingerprint density at radius 2 is 1.88 bits per heavy atom. The van der Waals surface area contributed by atoms with E-state index in [1.165, 1.54) is 12.1 Å². The smallest absolute Gasteiger partial charge is 0.376 e. The Bertz CT molecular complexity index is 905. The molecular weight excluding hydrogens is 347 g/mol. The molecule has 24 heavy (non-hydrogen) atoms. The van der Waals surface area contributed by atoms with E-state index in [1.54, 1.807) is 18.2 Å². The Balaban J connectivity index is 1.94. The number of aldehydes is 1. The maximum atomic E-state index is 12.4. The number of carbonyl (C=O) groups is 1. The van der Waals surface area contributed by atoms with Crippen LogP contribution in [0.5, 0.6) is 5.75 Å². The van der Waals surface area contributed by atoms with Gasteiger partial charge < -0.3 is 14.3 Å². The van der Waals surface area contributed by atoms with Gasteiger partial charge in [0.05, 0.1) is 5.54 Å². The van der Waals surface area contributed by atoms with Crippen LogP contribution in [0, 0.1) is 0 Å². The van der Waals surface area contributed by atoms with E-state index in [9.17, 15) is 26.4 Å². The predicted octanol–water partition coefficient (Wildman–Crippen LogP) is 3.21. The Kier molecular flexibility index (Phi) is 3.71. The third-order valence-electron chi connectivity index (χ3n) is 3.74. The first-order chi connectivity index (χ1) is 11.2. The quantitative estimate of drug-likeness (QED) is 0.504. The van der Waals surface area contributed by atoms with Gasteiger partial charge in [-0.3, -0.25) is 0 Å². The highest BCUT2D eigenvalue weighted by Gasteiger charge is 2.48. The number of halogens is 3. The van der Waals surface area contributed by atoms with Crippen LogP contribution in [0.3, 0.4) is 0 Å². The monoisotopic (exact) mass is 359 g/mol. The molecule has 1 saturated carbocycles. The number of alkyl halides is 3. The average molecular weight is 359 g/mol. The van der Waals surface area contributed by atoms with Gasteiger partial charge in [0.25, 0.3) is 0 Å². The molecule has 1 fully saturated rings. The molecule has 2 aromatic rings. The standard InChI is InChI=1S/C15H12F3NO4S/c16-15(17,18)24(21,22)23-11-4-5-12-10(8-11)2-1-3-13(12)19-14(9-20)6-7-14/h1-5,8-9,19H,6-7H2. The van der Waals surface area contributed by atoms with Crippen molar-refractivity contribution >= 4 is 32.9 Å². The molecule has 0 amide bonds. The summed E-state index contributed by atoms with van der Waals surface area (Å²) < 4.78 is 63.4. The first-order valence-corrected chi connectivity index (χ1v) is 8.35. The second-order valence-corrected chi connectivity index (χ2v) is 7.11. The van der Waals surface area contributed by atoms with Crippen molar-refractivity contribution in [3.8, 4) is 5.75 Å². The number of nitrogens with one attached hydrogen (secondary N) is 1. The van der Waals surface area contributed by atoms with Crippen LogP contribution in [0.15, 0.2) is 36.4 Å². The van der Waals surface area contributed by atoms with E-state index < -0.39 is 26.9 Å². The molecule has 0 bridgehead atoms. The summed E-state index contributed by atoms with van der Waals surface area (Å²) in [5.74, 6) is -0.437. The minimum atomic E-state index is -5.71. The molecule has 1 aliphatic rings. The lowest BCUT2D eigenvalue weighted by Crippen LogP contribution is -2.28. The van der Waals surface area contributed by atoms with Crippen molar-refractivity contribution < 1.29 is 30.6 Å². The molecule has 0 unspecified atom stereocenters. The van der Waals surface area contributed by atoms with Crippen LogP contribution in [0.2, 0.25) is 0 Å². The largest absolute Gasteiger partial charge is 0.534 e. The van der Waals surface area contributed by atoms with Gasteiger partial charge in [-0.25, -0.2) is 0 Å². The van der Waals surface area contributed by atoms with E-state index in [0.29, 0.717) is 29.3 Å². The van der Waals surface area contributed by atoms with Gasteiger partial charge >= 0.3 is 15.6 Å². The lowest BCUT2D eigenvalue weighted by Gasteiger charge is -2.15. The number of hydrogen-bond acceptors (Lipinski definition) is 5. The zero-order chi connectivity index (χ0) is 17.6. The Labute approximate surface area is 135 Å². The Morgan fingerprint density at radius 1 is 1.17 bits per heavy atom. The van der Waals surface area contributed by atoms with E-state index >= 15 is 0 Å². The maximum Gasteiger partial charge on any atom is 0.534 e. The number of rotatable bonds is 5. The van der Waals surface area contributed by atoms with Crippen molar-refractivity contribution in [3.63, 3.8) is 0 Å². The normalized spacial score (nSPS) is 16.6. The number of benzene rings is 2. The minimum Gasteiger partial charge on any atom is -0.376 e. The summed E-state index contributed by atoms with van der Waals surface area (Å²) in [5.41, 5.74) is -5.45. The van der Waals surface area contributed by atoms with Gasteiger partial charge in [-0.2, -0.15) is 21.6 Å². The second kappa shape index (κ2) is 5.37. The summed E-state index contributed by atoms with van der Waals surface area (Å²) in [6.07, 6.45) is 2.25. The fourth-order valence-electron chi connectivity index (χ4n) is 2.27. The van der Waals surface area contributed by atoms with Crippen LogP contribution < -0.4 is 9.50 Å². The molecule has 0 heterocycles. The molecule has 0 atom stereocenters. The SMILES string of the molecule is O=CC1(Nc2cccc3cc(OS(=O)(=O)C(F)(F)F)ccc23)CC1. The first kappa shape index (κ1) is 16.6. The fraction of sp³-hybridized carbons (Fsp3) is 0.267. The molecule has 0 saturated heterocycles. The van der Waals surface area contributed by atoms with Crippen LogP contribution in [0.1, 0.15) is 12.8 Å². The van der Waals surface area contributed by atoms with Gasteiger partial charge in [0.1, 0.15) is 12.0 Å². The Hall–Kier alpha value is -2.29. The predicted molar refractivity (Wildman–Crippen MR) is 81.2 cm³/mol. The molecule has 0 aromatic heterocycles. The van der Waals surface area contributed by atoms with Crippen molar-refractivity contribution in [3.05, 3.63) is 36.4 Å².